The van der Waals surface area contributed by atoms with Gasteiger partial charge in [0.15, 0.2) is 5.76 Å². The van der Waals surface area contributed by atoms with Gasteiger partial charge < -0.3 is 9.42 Å². The zero-order chi connectivity index (χ0) is 20.7. The third-order valence-corrected chi connectivity index (χ3v) is 9.07. The Morgan fingerprint density at radius 3 is 2.32 bits per heavy atom. The molecule has 0 saturated carbocycles. The quantitative estimate of drug-likeness (QED) is 0.682. The first-order valence-corrected chi connectivity index (χ1v) is 12.1. The molecule has 1 saturated heterocycles. The van der Waals surface area contributed by atoms with E-state index in [2.05, 4.69) is 5.16 Å². The predicted octanol–water partition coefficient (Wildman–Crippen LogP) is 0.0759. The van der Waals surface area contributed by atoms with E-state index in [0.717, 1.165) is 11.3 Å². The maximum atomic E-state index is 12.8. The van der Waals surface area contributed by atoms with Crippen LogP contribution in [0.3, 0.4) is 0 Å². The molecule has 0 atom stereocenters. The molecule has 1 amide bonds. The summed E-state index contributed by atoms with van der Waals surface area (Å²) in [5.41, 5.74) is 0.305. The van der Waals surface area contributed by atoms with Crippen molar-refractivity contribution < 1.29 is 26.2 Å². The monoisotopic (exact) mass is 448 g/mol. The second kappa shape index (κ2) is 7.55. The van der Waals surface area contributed by atoms with Crippen LogP contribution in [0.1, 0.15) is 16.3 Å². The number of amides is 1. The van der Waals surface area contributed by atoms with Gasteiger partial charge in [-0.2, -0.15) is 4.31 Å². The Hall–Kier alpha value is -1.80. The number of hydrogen-bond acceptors (Lipinski definition) is 8. The van der Waals surface area contributed by atoms with Crippen LogP contribution in [-0.4, -0.2) is 63.3 Å². The summed E-state index contributed by atoms with van der Waals surface area (Å²) in [7, 11) is -7.53. The van der Waals surface area contributed by atoms with Crippen molar-refractivity contribution in [1.82, 2.24) is 14.4 Å². The van der Waals surface area contributed by atoms with Crippen LogP contribution in [-0.2, 0) is 31.3 Å². The molecule has 28 heavy (non-hydrogen) atoms. The molecule has 0 aromatic carbocycles. The molecule has 0 spiro atoms. The van der Waals surface area contributed by atoms with Crippen molar-refractivity contribution in [2.45, 2.75) is 29.4 Å². The second-order valence-corrected chi connectivity index (χ2v) is 11.2. The van der Waals surface area contributed by atoms with Gasteiger partial charge in [-0.1, -0.05) is 5.16 Å². The normalized spacial score (nSPS) is 16.5. The first-order valence-electron chi connectivity index (χ1n) is 8.32. The Morgan fingerprint density at radius 1 is 1.18 bits per heavy atom. The molecule has 0 bridgehead atoms. The number of piperazine rings is 1. The van der Waals surface area contributed by atoms with E-state index in [4.69, 9.17) is 9.66 Å². The fraction of sp³-hybridized carbons (Fsp3) is 0.467. The predicted molar refractivity (Wildman–Crippen MR) is 101 cm³/mol. The number of sulfonamides is 2. The smallest absolute Gasteiger partial charge is 0.248 e. The summed E-state index contributed by atoms with van der Waals surface area (Å²) in [6, 6.07) is 2.93. The molecule has 3 rings (SSSR count). The van der Waals surface area contributed by atoms with E-state index in [1.54, 1.807) is 24.8 Å². The van der Waals surface area contributed by atoms with Crippen LogP contribution in [0.4, 0.5) is 0 Å². The highest BCUT2D eigenvalue weighted by Gasteiger charge is 2.34. The van der Waals surface area contributed by atoms with Gasteiger partial charge in [0.05, 0.1) is 6.42 Å². The van der Waals surface area contributed by atoms with E-state index in [1.807, 2.05) is 0 Å². The van der Waals surface area contributed by atoms with Crippen molar-refractivity contribution in [3.63, 3.8) is 0 Å². The molecule has 0 aliphatic carbocycles. The summed E-state index contributed by atoms with van der Waals surface area (Å²) >= 11 is 0.954. The number of aromatic nitrogens is 1. The zero-order valence-corrected chi connectivity index (χ0v) is 17.7. The molecule has 1 aliphatic heterocycles. The van der Waals surface area contributed by atoms with E-state index in [0.29, 0.717) is 10.6 Å². The molecule has 2 N–H and O–H groups in total. The Bertz CT molecular complexity index is 1080. The molecule has 1 aliphatic rings. The van der Waals surface area contributed by atoms with Gasteiger partial charge in [-0.05, 0) is 26.0 Å². The molecule has 3 heterocycles. The van der Waals surface area contributed by atoms with Gasteiger partial charge in [-0.3, -0.25) is 4.79 Å². The van der Waals surface area contributed by atoms with Crippen molar-refractivity contribution >= 4 is 37.3 Å². The SMILES string of the molecule is Cc1noc(C)c1S(=O)(=O)N1CCN(C(=O)Cc2ccc(S(N)(=O)=O)s2)CC1. The Labute approximate surface area is 167 Å². The van der Waals surface area contributed by atoms with E-state index in [-0.39, 0.29) is 53.4 Å². The Kier molecular flexibility index (Phi) is 5.64. The van der Waals surface area contributed by atoms with E-state index >= 15 is 0 Å². The molecule has 2 aromatic heterocycles. The number of hydrogen-bond donors (Lipinski definition) is 1. The Balaban J connectivity index is 1.64. The first kappa shape index (κ1) is 20.9. The molecule has 1 fully saturated rings. The molecular weight excluding hydrogens is 428 g/mol. The van der Waals surface area contributed by atoms with Crippen molar-refractivity contribution in [2.75, 3.05) is 26.2 Å². The highest BCUT2D eigenvalue weighted by atomic mass is 32.2. The first-order chi connectivity index (χ1) is 13.0. The topological polar surface area (TPSA) is 144 Å². The average molecular weight is 449 g/mol. The van der Waals surface area contributed by atoms with Crippen LogP contribution in [0.15, 0.2) is 25.8 Å². The summed E-state index contributed by atoms with van der Waals surface area (Å²) < 4.78 is 54.5. The van der Waals surface area contributed by atoms with Gasteiger partial charge in [-0.25, -0.2) is 22.0 Å². The molecule has 154 valence electrons. The maximum Gasteiger partial charge on any atom is 0.248 e. The number of aryl methyl sites for hydroxylation is 2. The lowest BCUT2D eigenvalue weighted by atomic mass is 10.3. The van der Waals surface area contributed by atoms with Crippen LogP contribution < -0.4 is 5.14 Å². The van der Waals surface area contributed by atoms with Gasteiger partial charge in [0, 0.05) is 31.1 Å². The van der Waals surface area contributed by atoms with Crippen molar-refractivity contribution in [1.29, 1.82) is 0 Å². The number of nitrogens with zero attached hydrogens (tertiary/aromatic N) is 3. The van der Waals surface area contributed by atoms with Crippen LogP contribution in [0.5, 0.6) is 0 Å². The molecule has 10 nitrogen and oxygen atoms in total. The van der Waals surface area contributed by atoms with Gasteiger partial charge in [0.2, 0.25) is 26.0 Å². The summed E-state index contributed by atoms with van der Waals surface area (Å²) in [5.74, 6) is 0.0385. The number of rotatable bonds is 5. The summed E-state index contributed by atoms with van der Waals surface area (Å²) in [5, 5.41) is 8.77. The number of nitrogens with two attached hydrogens (primary N) is 1. The van der Waals surface area contributed by atoms with Crippen LogP contribution in [0.25, 0.3) is 0 Å². The van der Waals surface area contributed by atoms with E-state index in [9.17, 15) is 21.6 Å². The number of thiophene rings is 1. The zero-order valence-electron chi connectivity index (χ0n) is 15.3. The number of primary sulfonamides is 1. The third-order valence-electron chi connectivity index (χ3n) is 4.40. The van der Waals surface area contributed by atoms with Crippen molar-refractivity contribution in [3.05, 3.63) is 28.5 Å². The second-order valence-electron chi connectivity index (χ2n) is 6.38. The van der Waals surface area contributed by atoms with Crippen molar-refractivity contribution in [2.24, 2.45) is 5.14 Å². The summed E-state index contributed by atoms with van der Waals surface area (Å²) in [6.45, 7) is 3.92. The Morgan fingerprint density at radius 2 is 1.82 bits per heavy atom. The van der Waals surface area contributed by atoms with Gasteiger partial charge in [0.25, 0.3) is 0 Å². The highest BCUT2D eigenvalue weighted by Crippen LogP contribution is 2.25. The minimum absolute atomic E-state index is 0.00525. The maximum absolute atomic E-state index is 12.8. The van der Waals surface area contributed by atoms with Crippen molar-refractivity contribution in [3.8, 4) is 0 Å². The number of carbonyl (C=O) groups is 1. The fourth-order valence-electron chi connectivity index (χ4n) is 3.02. The summed E-state index contributed by atoms with van der Waals surface area (Å²) in [4.78, 5) is 14.7. The highest BCUT2D eigenvalue weighted by molar-refractivity contribution is 7.91. The van der Waals surface area contributed by atoms with Gasteiger partial charge >= 0.3 is 0 Å². The van der Waals surface area contributed by atoms with E-state index in [1.165, 1.54) is 10.4 Å². The molecule has 2 aromatic rings. The standard InChI is InChI=1S/C15H20N4O6S3/c1-10-15(11(2)25-17-10)28(23,24)19-7-5-18(6-8-19)13(20)9-12-3-4-14(26-12)27(16,21)22/h3-4H,5-9H2,1-2H3,(H2,16,21,22). The lowest BCUT2D eigenvalue weighted by Gasteiger charge is -2.33. The van der Waals surface area contributed by atoms with Crippen LogP contribution in [0.2, 0.25) is 0 Å². The fourth-order valence-corrected chi connectivity index (χ4v) is 6.50. The summed E-state index contributed by atoms with van der Waals surface area (Å²) in [6.07, 6.45) is 0.0385. The van der Waals surface area contributed by atoms with Crippen LogP contribution >= 0.6 is 11.3 Å². The number of carbonyl (C=O) groups excluding carboxylic acids is 1. The molecule has 0 radical (unpaired) electrons. The average Bonchev–Trinajstić information content (AvgIpc) is 3.21. The lowest BCUT2D eigenvalue weighted by Crippen LogP contribution is -2.50. The van der Waals surface area contributed by atoms with E-state index < -0.39 is 20.0 Å². The minimum Gasteiger partial charge on any atom is -0.360 e. The van der Waals surface area contributed by atoms with Gasteiger partial charge in [0.1, 0.15) is 14.8 Å². The molecular formula is C15H20N4O6S3. The minimum atomic E-state index is -3.79. The molecule has 13 heteroatoms. The third kappa shape index (κ3) is 4.12. The van der Waals surface area contributed by atoms with Crippen LogP contribution in [0, 0.1) is 13.8 Å². The largest absolute Gasteiger partial charge is 0.360 e. The van der Waals surface area contributed by atoms with Gasteiger partial charge in [-0.15, -0.1) is 11.3 Å². The lowest BCUT2D eigenvalue weighted by molar-refractivity contribution is -0.131. The molecule has 0 unspecified atom stereocenters.